The molecule has 0 aliphatic heterocycles. The summed E-state index contributed by atoms with van der Waals surface area (Å²) in [6.07, 6.45) is 0.463. The summed E-state index contributed by atoms with van der Waals surface area (Å²) in [7, 11) is 0. The molecule has 5 heteroatoms. The Morgan fingerprint density at radius 3 is 2.63 bits per heavy atom. The Kier molecular flexibility index (Phi) is 4.85. The largest absolute Gasteiger partial charge is 0.324 e. The highest BCUT2D eigenvalue weighted by Gasteiger charge is 2.12. The van der Waals surface area contributed by atoms with E-state index in [4.69, 9.17) is 28.9 Å². The molecule has 1 nitrogen and oxygen atoms in total. The second-order valence-corrected chi connectivity index (χ2v) is 5.84. The molecule has 0 saturated carbocycles. The number of halogens is 4. The van der Waals surface area contributed by atoms with Crippen molar-refractivity contribution in [3.8, 4) is 0 Å². The molecule has 0 saturated heterocycles. The predicted molar refractivity (Wildman–Crippen MR) is 81.2 cm³/mol. The van der Waals surface area contributed by atoms with Gasteiger partial charge in [0, 0.05) is 10.5 Å². The van der Waals surface area contributed by atoms with Gasteiger partial charge in [-0.05, 0) is 51.7 Å². The van der Waals surface area contributed by atoms with Crippen molar-refractivity contribution < 1.29 is 4.39 Å². The van der Waals surface area contributed by atoms with Gasteiger partial charge in [-0.25, -0.2) is 4.39 Å². The van der Waals surface area contributed by atoms with E-state index in [0.29, 0.717) is 17.0 Å². The van der Waals surface area contributed by atoms with Gasteiger partial charge in [-0.1, -0.05) is 41.4 Å². The Labute approximate surface area is 129 Å². The molecule has 100 valence electrons. The summed E-state index contributed by atoms with van der Waals surface area (Å²) in [6.45, 7) is 0. The molecule has 0 fully saturated rings. The van der Waals surface area contributed by atoms with Crippen LogP contribution in [0.3, 0.4) is 0 Å². The Morgan fingerprint density at radius 2 is 1.95 bits per heavy atom. The van der Waals surface area contributed by atoms with Gasteiger partial charge < -0.3 is 5.73 Å². The molecule has 0 aliphatic carbocycles. The van der Waals surface area contributed by atoms with Crippen molar-refractivity contribution in [2.45, 2.75) is 12.5 Å². The van der Waals surface area contributed by atoms with Crippen molar-refractivity contribution >= 4 is 39.1 Å². The maximum atomic E-state index is 13.4. The molecule has 1 unspecified atom stereocenters. The Bertz CT molecular complexity index is 604. The zero-order valence-corrected chi connectivity index (χ0v) is 12.9. The van der Waals surface area contributed by atoms with E-state index in [1.807, 2.05) is 12.1 Å². The monoisotopic (exact) mass is 361 g/mol. The van der Waals surface area contributed by atoms with Crippen LogP contribution in [0.4, 0.5) is 4.39 Å². The van der Waals surface area contributed by atoms with E-state index in [1.165, 1.54) is 6.07 Å². The van der Waals surface area contributed by atoms with Gasteiger partial charge >= 0.3 is 0 Å². The smallest absolute Gasteiger partial charge is 0.142 e. The fourth-order valence-electron chi connectivity index (χ4n) is 1.80. The van der Waals surface area contributed by atoms with E-state index in [-0.39, 0.29) is 11.1 Å². The first-order valence-electron chi connectivity index (χ1n) is 5.62. The summed E-state index contributed by atoms with van der Waals surface area (Å²) in [5, 5.41) is 0.755. The Balaban J connectivity index is 2.23. The lowest BCUT2D eigenvalue weighted by atomic mass is 9.99. The molecular formula is C14H11BrCl2FN. The molecule has 0 radical (unpaired) electrons. The number of benzene rings is 2. The topological polar surface area (TPSA) is 26.0 Å². The molecule has 2 aromatic carbocycles. The normalized spacial score (nSPS) is 12.5. The quantitative estimate of drug-likeness (QED) is 0.803. The van der Waals surface area contributed by atoms with E-state index in [0.717, 1.165) is 10.0 Å². The van der Waals surface area contributed by atoms with Crippen LogP contribution in [0.1, 0.15) is 17.2 Å². The molecule has 2 aromatic rings. The molecule has 0 bridgehead atoms. The van der Waals surface area contributed by atoms with E-state index >= 15 is 0 Å². The molecule has 0 heterocycles. The van der Waals surface area contributed by atoms with Crippen molar-refractivity contribution in [3.63, 3.8) is 0 Å². The van der Waals surface area contributed by atoms with Crippen LogP contribution in [0.2, 0.25) is 10.0 Å². The molecule has 0 spiro atoms. The highest BCUT2D eigenvalue weighted by atomic mass is 79.9. The minimum atomic E-state index is -0.427. The van der Waals surface area contributed by atoms with Crippen molar-refractivity contribution in [1.29, 1.82) is 0 Å². The lowest BCUT2D eigenvalue weighted by Crippen LogP contribution is -2.13. The number of nitrogens with two attached hydrogens (primary N) is 1. The highest BCUT2D eigenvalue weighted by Crippen LogP contribution is 2.28. The molecular weight excluding hydrogens is 352 g/mol. The van der Waals surface area contributed by atoms with Crippen LogP contribution >= 0.6 is 39.1 Å². The first-order chi connectivity index (χ1) is 8.99. The summed E-state index contributed by atoms with van der Waals surface area (Å²) in [5.74, 6) is -0.427. The van der Waals surface area contributed by atoms with Crippen LogP contribution in [0, 0.1) is 5.82 Å². The second-order valence-electron chi connectivity index (χ2n) is 4.20. The van der Waals surface area contributed by atoms with Crippen LogP contribution in [-0.2, 0) is 6.42 Å². The zero-order chi connectivity index (χ0) is 14.0. The fourth-order valence-corrected chi connectivity index (χ4v) is 2.52. The Hall–Kier alpha value is -0.610. The Morgan fingerprint density at radius 1 is 1.21 bits per heavy atom. The maximum absolute atomic E-state index is 13.4. The van der Waals surface area contributed by atoms with Crippen molar-refractivity contribution in [3.05, 3.63) is 67.9 Å². The van der Waals surface area contributed by atoms with Crippen molar-refractivity contribution in [2.75, 3.05) is 0 Å². The van der Waals surface area contributed by atoms with Gasteiger partial charge in [0.25, 0.3) is 0 Å². The fraction of sp³-hybridized carbons (Fsp3) is 0.143. The SMILES string of the molecule is NC(Cc1cccc(F)c1Cl)c1ccc(Cl)c(Br)c1. The standard InChI is InChI=1S/C14H11BrCl2FN/c15-10-6-8(4-5-11(10)16)13(19)7-9-2-1-3-12(18)14(9)17/h1-6,13H,7,19H2. The van der Waals surface area contributed by atoms with E-state index in [2.05, 4.69) is 15.9 Å². The van der Waals surface area contributed by atoms with Crippen molar-refractivity contribution in [1.82, 2.24) is 0 Å². The third-order valence-corrected chi connectivity index (χ3v) is 4.48. The molecule has 2 N–H and O–H groups in total. The molecule has 0 aliphatic rings. The highest BCUT2D eigenvalue weighted by molar-refractivity contribution is 9.10. The summed E-state index contributed by atoms with van der Waals surface area (Å²) in [4.78, 5) is 0. The first kappa shape index (κ1) is 14.8. The lowest BCUT2D eigenvalue weighted by molar-refractivity contribution is 0.622. The van der Waals surface area contributed by atoms with Gasteiger partial charge in [0.1, 0.15) is 5.82 Å². The number of hydrogen-bond donors (Lipinski definition) is 1. The molecule has 2 rings (SSSR count). The lowest BCUT2D eigenvalue weighted by Gasteiger charge is -2.14. The summed E-state index contributed by atoms with van der Waals surface area (Å²) in [6, 6.07) is 9.94. The number of rotatable bonds is 3. The molecule has 19 heavy (non-hydrogen) atoms. The van der Waals surface area contributed by atoms with Crippen LogP contribution in [0.25, 0.3) is 0 Å². The number of hydrogen-bond acceptors (Lipinski definition) is 1. The van der Waals surface area contributed by atoms with Gasteiger partial charge in [0.15, 0.2) is 0 Å². The average molecular weight is 363 g/mol. The van der Waals surface area contributed by atoms with Crippen LogP contribution < -0.4 is 5.73 Å². The predicted octanol–water partition coefficient (Wildman–Crippen LogP) is 5.14. The molecule has 0 amide bonds. The summed E-state index contributed by atoms with van der Waals surface area (Å²) in [5.41, 5.74) is 7.73. The molecule has 1 atom stereocenters. The van der Waals surface area contributed by atoms with Crippen LogP contribution in [-0.4, -0.2) is 0 Å². The second kappa shape index (κ2) is 6.23. The van der Waals surface area contributed by atoms with E-state index < -0.39 is 5.82 Å². The first-order valence-corrected chi connectivity index (χ1v) is 7.17. The average Bonchev–Trinajstić information content (AvgIpc) is 2.38. The van der Waals surface area contributed by atoms with Gasteiger partial charge in [0.2, 0.25) is 0 Å². The minimum Gasteiger partial charge on any atom is -0.324 e. The zero-order valence-electron chi connectivity index (χ0n) is 9.84. The van der Waals surface area contributed by atoms with Gasteiger partial charge in [-0.3, -0.25) is 0 Å². The van der Waals surface area contributed by atoms with Gasteiger partial charge in [-0.15, -0.1) is 0 Å². The summed E-state index contributed by atoms with van der Waals surface area (Å²) < 4.78 is 14.1. The molecule has 0 aromatic heterocycles. The third-order valence-electron chi connectivity index (χ3n) is 2.84. The summed E-state index contributed by atoms with van der Waals surface area (Å²) >= 11 is 15.2. The van der Waals surface area contributed by atoms with E-state index in [1.54, 1.807) is 18.2 Å². The van der Waals surface area contributed by atoms with Gasteiger partial charge in [-0.2, -0.15) is 0 Å². The van der Waals surface area contributed by atoms with Gasteiger partial charge in [0.05, 0.1) is 10.0 Å². The van der Waals surface area contributed by atoms with E-state index in [9.17, 15) is 4.39 Å². The van der Waals surface area contributed by atoms with Crippen LogP contribution in [0.5, 0.6) is 0 Å². The van der Waals surface area contributed by atoms with Crippen LogP contribution in [0.15, 0.2) is 40.9 Å². The minimum absolute atomic E-state index is 0.131. The third kappa shape index (κ3) is 3.48. The maximum Gasteiger partial charge on any atom is 0.142 e. The van der Waals surface area contributed by atoms with Crippen molar-refractivity contribution in [2.24, 2.45) is 5.73 Å².